The first kappa shape index (κ1) is 18.8. The SMILES string of the molecule is CC(N)CC(C)(C)OC(C)C(C)OCCC(C)(C)O. The number of ether oxygens (including phenoxy) is 2. The molecule has 0 aromatic carbocycles. The van der Waals surface area contributed by atoms with Crippen LogP contribution in [-0.2, 0) is 9.47 Å². The predicted molar refractivity (Wildman–Crippen MR) is 79.2 cm³/mol. The Hall–Kier alpha value is -0.160. The molecule has 0 aromatic heterocycles. The molecule has 3 N–H and O–H groups in total. The van der Waals surface area contributed by atoms with Gasteiger partial charge in [0.1, 0.15) is 0 Å². The summed E-state index contributed by atoms with van der Waals surface area (Å²) in [4.78, 5) is 0. The number of nitrogens with two attached hydrogens (primary N) is 1. The van der Waals surface area contributed by atoms with Gasteiger partial charge in [0.15, 0.2) is 0 Å². The molecule has 0 amide bonds. The van der Waals surface area contributed by atoms with E-state index in [-0.39, 0.29) is 23.9 Å². The van der Waals surface area contributed by atoms with Crippen molar-refractivity contribution in [1.82, 2.24) is 0 Å². The van der Waals surface area contributed by atoms with Gasteiger partial charge in [-0.3, -0.25) is 0 Å². The minimum absolute atomic E-state index is 0.00412. The molecule has 0 spiro atoms. The van der Waals surface area contributed by atoms with E-state index in [2.05, 4.69) is 13.8 Å². The lowest BCUT2D eigenvalue weighted by Crippen LogP contribution is -2.39. The van der Waals surface area contributed by atoms with Crippen molar-refractivity contribution >= 4 is 0 Å². The molecule has 0 aliphatic rings. The van der Waals surface area contributed by atoms with E-state index >= 15 is 0 Å². The molecule has 0 heterocycles. The van der Waals surface area contributed by atoms with Crippen molar-refractivity contribution in [2.24, 2.45) is 5.73 Å². The number of hydrogen-bond acceptors (Lipinski definition) is 4. The van der Waals surface area contributed by atoms with E-state index in [0.29, 0.717) is 13.0 Å². The predicted octanol–water partition coefficient (Wildman–Crippen LogP) is 2.47. The minimum atomic E-state index is -0.682. The molecular weight excluding hydrogens is 242 g/mol. The van der Waals surface area contributed by atoms with Gasteiger partial charge in [0, 0.05) is 12.6 Å². The zero-order valence-corrected chi connectivity index (χ0v) is 13.7. The van der Waals surface area contributed by atoms with Crippen LogP contribution in [0.25, 0.3) is 0 Å². The first-order chi connectivity index (χ1) is 8.43. The molecule has 0 saturated heterocycles. The van der Waals surface area contributed by atoms with E-state index in [9.17, 15) is 5.11 Å². The van der Waals surface area contributed by atoms with Crippen LogP contribution in [0.2, 0.25) is 0 Å². The lowest BCUT2D eigenvalue weighted by Gasteiger charge is -2.33. The van der Waals surface area contributed by atoms with Crippen molar-refractivity contribution in [1.29, 1.82) is 0 Å². The highest BCUT2D eigenvalue weighted by atomic mass is 16.6. The summed E-state index contributed by atoms with van der Waals surface area (Å²) in [6, 6.07) is 0.119. The van der Waals surface area contributed by atoms with Gasteiger partial charge in [0.2, 0.25) is 0 Å². The average Bonchev–Trinajstić information content (AvgIpc) is 2.11. The zero-order valence-electron chi connectivity index (χ0n) is 13.7. The third-order valence-electron chi connectivity index (χ3n) is 3.07. The Kier molecular flexibility index (Phi) is 7.51. The van der Waals surface area contributed by atoms with E-state index in [4.69, 9.17) is 15.2 Å². The first-order valence-corrected chi connectivity index (χ1v) is 7.20. The molecule has 0 fully saturated rings. The third kappa shape index (κ3) is 10.3. The average molecular weight is 275 g/mol. The van der Waals surface area contributed by atoms with Gasteiger partial charge in [-0.05, 0) is 61.3 Å². The van der Waals surface area contributed by atoms with Gasteiger partial charge in [-0.15, -0.1) is 0 Å². The van der Waals surface area contributed by atoms with E-state index in [0.717, 1.165) is 6.42 Å². The molecule has 0 radical (unpaired) electrons. The van der Waals surface area contributed by atoms with Gasteiger partial charge < -0.3 is 20.3 Å². The lowest BCUT2D eigenvalue weighted by molar-refractivity contribution is -0.130. The van der Waals surface area contributed by atoms with E-state index in [1.807, 2.05) is 20.8 Å². The van der Waals surface area contributed by atoms with Crippen LogP contribution in [0.15, 0.2) is 0 Å². The highest BCUT2D eigenvalue weighted by molar-refractivity contribution is 4.76. The van der Waals surface area contributed by atoms with Crippen molar-refractivity contribution in [2.75, 3.05) is 6.61 Å². The Labute approximate surface area is 118 Å². The van der Waals surface area contributed by atoms with Gasteiger partial charge in [-0.25, -0.2) is 0 Å². The quantitative estimate of drug-likeness (QED) is 0.678. The fourth-order valence-electron chi connectivity index (χ4n) is 2.05. The van der Waals surface area contributed by atoms with Gasteiger partial charge in [-0.2, -0.15) is 0 Å². The van der Waals surface area contributed by atoms with E-state index in [1.54, 1.807) is 13.8 Å². The fraction of sp³-hybridized carbons (Fsp3) is 1.00. The summed E-state index contributed by atoms with van der Waals surface area (Å²) in [7, 11) is 0. The Morgan fingerprint density at radius 3 is 2.00 bits per heavy atom. The normalized spacial score (nSPS) is 18.2. The summed E-state index contributed by atoms with van der Waals surface area (Å²) >= 11 is 0. The maximum atomic E-state index is 9.63. The molecule has 0 aliphatic heterocycles. The summed E-state index contributed by atoms with van der Waals surface area (Å²) in [5, 5.41) is 9.63. The van der Waals surface area contributed by atoms with Crippen LogP contribution < -0.4 is 5.73 Å². The standard InChI is InChI=1S/C15H33NO3/c1-11(16)10-15(6,7)19-13(3)12(2)18-9-8-14(4,5)17/h11-13,17H,8-10,16H2,1-7H3. The zero-order chi connectivity index (χ0) is 15.3. The molecule has 4 heteroatoms. The molecule has 0 saturated carbocycles. The Morgan fingerprint density at radius 2 is 1.58 bits per heavy atom. The molecule has 3 atom stereocenters. The molecule has 19 heavy (non-hydrogen) atoms. The molecular formula is C15H33NO3. The van der Waals surface area contributed by atoms with Crippen molar-refractivity contribution < 1.29 is 14.6 Å². The van der Waals surface area contributed by atoms with Crippen LogP contribution >= 0.6 is 0 Å². The smallest absolute Gasteiger partial charge is 0.0813 e. The Bertz CT molecular complexity index is 246. The summed E-state index contributed by atoms with van der Waals surface area (Å²) in [6.07, 6.45) is 1.42. The van der Waals surface area contributed by atoms with E-state index in [1.165, 1.54) is 0 Å². The number of aliphatic hydroxyl groups is 1. The minimum Gasteiger partial charge on any atom is -0.390 e. The van der Waals surface area contributed by atoms with Gasteiger partial charge in [0.05, 0.1) is 23.4 Å². The molecule has 0 rings (SSSR count). The fourth-order valence-corrected chi connectivity index (χ4v) is 2.05. The summed E-state index contributed by atoms with van der Waals surface area (Å²) in [5.74, 6) is 0. The second kappa shape index (κ2) is 7.58. The third-order valence-corrected chi connectivity index (χ3v) is 3.07. The van der Waals surface area contributed by atoms with Crippen LogP contribution in [0.3, 0.4) is 0 Å². The van der Waals surface area contributed by atoms with Crippen molar-refractivity contribution in [2.45, 2.75) is 90.8 Å². The summed E-state index contributed by atoms with van der Waals surface area (Å²) in [5.41, 5.74) is 4.89. The van der Waals surface area contributed by atoms with Crippen molar-refractivity contribution in [3.8, 4) is 0 Å². The van der Waals surface area contributed by atoms with Crippen LogP contribution in [0.4, 0.5) is 0 Å². The molecule has 0 aromatic rings. The molecule has 0 bridgehead atoms. The molecule has 0 aliphatic carbocycles. The number of hydrogen-bond donors (Lipinski definition) is 2. The Balaban J connectivity index is 4.09. The highest BCUT2D eigenvalue weighted by Gasteiger charge is 2.26. The monoisotopic (exact) mass is 275 g/mol. The van der Waals surface area contributed by atoms with Gasteiger partial charge in [0.25, 0.3) is 0 Å². The second-order valence-electron chi connectivity index (χ2n) is 6.90. The molecule has 3 unspecified atom stereocenters. The van der Waals surface area contributed by atoms with E-state index < -0.39 is 5.60 Å². The number of rotatable bonds is 9. The van der Waals surface area contributed by atoms with Crippen LogP contribution in [0, 0.1) is 0 Å². The largest absolute Gasteiger partial charge is 0.390 e. The van der Waals surface area contributed by atoms with Crippen LogP contribution in [0.1, 0.15) is 61.3 Å². The molecule has 116 valence electrons. The summed E-state index contributed by atoms with van der Waals surface area (Å²) < 4.78 is 11.7. The van der Waals surface area contributed by atoms with Crippen LogP contribution in [-0.4, -0.2) is 41.2 Å². The first-order valence-electron chi connectivity index (χ1n) is 7.20. The van der Waals surface area contributed by atoms with Crippen molar-refractivity contribution in [3.63, 3.8) is 0 Å². The van der Waals surface area contributed by atoms with Gasteiger partial charge >= 0.3 is 0 Å². The maximum absolute atomic E-state index is 9.63. The topological polar surface area (TPSA) is 64.7 Å². The summed E-state index contributed by atoms with van der Waals surface area (Å²) in [6.45, 7) is 14.2. The van der Waals surface area contributed by atoms with Crippen molar-refractivity contribution in [3.05, 3.63) is 0 Å². The lowest BCUT2D eigenvalue weighted by atomic mass is 10.00. The molecule has 4 nitrogen and oxygen atoms in total. The van der Waals surface area contributed by atoms with Gasteiger partial charge in [-0.1, -0.05) is 0 Å². The Morgan fingerprint density at radius 1 is 1.05 bits per heavy atom. The highest BCUT2D eigenvalue weighted by Crippen LogP contribution is 2.21. The van der Waals surface area contributed by atoms with Crippen LogP contribution in [0.5, 0.6) is 0 Å². The second-order valence-corrected chi connectivity index (χ2v) is 6.90. The maximum Gasteiger partial charge on any atom is 0.0813 e.